The molecule has 1 heterocycles. The Morgan fingerprint density at radius 3 is 2.83 bits per heavy atom. The van der Waals surface area contributed by atoms with Crippen molar-refractivity contribution in [3.63, 3.8) is 0 Å². The zero-order chi connectivity index (χ0) is 17.4. The lowest BCUT2D eigenvalue weighted by atomic mass is 10.1. The maximum atomic E-state index is 13.6. The molecule has 0 unspecified atom stereocenters. The van der Waals surface area contributed by atoms with Crippen LogP contribution in [-0.4, -0.2) is 29.4 Å². The summed E-state index contributed by atoms with van der Waals surface area (Å²) in [7, 11) is 3.45. The second-order valence-corrected chi connectivity index (χ2v) is 5.35. The number of nitrogens with zero attached hydrogens (tertiary/aromatic N) is 3. The largest absolute Gasteiger partial charge is 0.380 e. The van der Waals surface area contributed by atoms with Crippen molar-refractivity contribution in [1.29, 1.82) is 0 Å². The van der Waals surface area contributed by atoms with Crippen molar-refractivity contribution in [2.75, 3.05) is 13.7 Å². The van der Waals surface area contributed by atoms with Crippen LogP contribution in [-0.2, 0) is 31.5 Å². The van der Waals surface area contributed by atoms with Crippen molar-refractivity contribution in [3.05, 3.63) is 53.1 Å². The number of aryl methyl sites for hydroxylation is 1. The van der Waals surface area contributed by atoms with E-state index in [4.69, 9.17) is 4.74 Å². The van der Waals surface area contributed by atoms with Gasteiger partial charge in [-0.3, -0.25) is 4.68 Å². The number of hydrogen-bond acceptors (Lipinski definition) is 3. The Labute approximate surface area is 141 Å². The Balaban J connectivity index is 2.02. The summed E-state index contributed by atoms with van der Waals surface area (Å²) in [6.07, 6.45) is 1.76. The number of halogens is 1. The Bertz CT molecular complexity index is 683. The number of methoxy groups -OCH3 is 1. The van der Waals surface area contributed by atoms with E-state index in [2.05, 4.69) is 20.7 Å². The molecule has 2 N–H and O–H groups in total. The number of nitrogens with one attached hydrogen (secondary N) is 2. The topological polar surface area (TPSA) is 63.5 Å². The fraction of sp³-hybridized carbons (Fsp3) is 0.412. The molecule has 1 aromatic carbocycles. The monoisotopic (exact) mass is 333 g/mol. The highest BCUT2D eigenvalue weighted by Crippen LogP contribution is 2.12. The maximum absolute atomic E-state index is 13.6. The van der Waals surface area contributed by atoms with Crippen molar-refractivity contribution in [3.8, 4) is 0 Å². The molecule has 0 aliphatic carbocycles. The first-order valence-corrected chi connectivity index (χ1v) is 7.89. The summed E-state index contributed by atoms with van der Waals surface area (Å²) in [5.74, 6) is 0.446. The van der Waals surface area contributed by atoms with Gasteiger partial charge in [-0.2, -0.15) is 5.10 Å². The molecule has 7 heteroatoms. The Morgan fingerprint density at radius 1 is 1.33 bits per heavy atom. The maximum Gasteiger partial charge on any atom is 0.191 e. The van der Waals surface area contributed by atoms with Crippen molar-refractivity contribution in [1.82, 2.24) is 20.4 Å². The third-order valence-corrected chi connectivity index (χ3v) is 3.53. The highest BCUT2D eigenvalue weighted by Gasteiger charge is 2.05. The molecule has 0 spiro atoms. The van der Waals surface area contributed by atoms with Gasteiger partial charge in [0.2, 0.25) is 0 Å². The average molecular weight is 333 g/mol. The molecule has 1 aromatic heterocycles. The number of ether oxygens (including phenoxy) is 1. The second kappa shape index (κ2) is 9.02. The third-order valence-electron chi connectivity index (χ3n) is 3.53. The van der Waals surface area contributed by atoms with Crippen LogP contribution in [0.15, 0.2) is 35.5 Å². The van der Waals surface area contributed by atoms with Crippen LogP contribution in [0.25, 0.3) is 0 Å². The van der Waals surface area contributed by atoms with E-state index in [-0.39, 0.29) is 12.4 Å². The fourth-order valence-electron chi connectivity index (χ4n) is 2.25. The van der Waals surface area contributed by atoms with Crippen LogP contribution in [0.1, 0.15) is 23.7 Å². The number of hydrogen-bond donors (Lipinski definition) is 2. The number of aromatic nitrogens is 2. The lowest BCUT2D eigenvalue weighted by Crippen LogP contribution is -2.37. The minimum atomic E-state index is -0.259. The molecule has 2 aromatic rings. The van der Waals surface area contributed by atoms with Crippen LogP contribution in [0, 0.1) is 5.82 Å². The summed E-state index contributed by atoms with van der Waals surface area (Å²) < 4.78 is 20.5. The van der Waals surface area contributed by atoms with Gasteiger partial charge in [0.15, 0.2) is 5.96 Å². The number of benzene rings is 1. The molecular weight excluding hydrogens is 309 g/mol. The third kappa shape index (κ3) is 5.06. The van der Waals surface area contributed by atoms with Gasteiger partial charge < -0.3 is 15.4 Å². The molecule has 0 bridgehead atoms. The van der Waals surface area contributed by atoms with Gasteiger partial charge in [-0.05, 0) is 30.7 Å². The van der Waals surface area contributed by atoms with Crippen LogP contribution in [0.4, 0.5) is 4.39 Å². The van der Waals surface area contributed by atoms with E-state index in [1.807, 2.05) is 24.7 Å². The summed E-state index contributed by atoms with van der Waals surface area (Å²) in [4.78, 5) is 4.55. The first-order chi connectivity index (χ1) is 11.6. The molecule has 0 saturated carbocycles. The molecule has 6 nitrogen and oxygen atoms in total. The normalized spacial score (nSPS) is 11.6. The first kappa shape index (κ1) is 17.9. The van der Waals surface area contributed by atoms with E-state index in [0.29, 0.717) is 24.6 Å². The molecule has 0 atom stereocenters. The molecule has 130 valence electrons. The zero-order valence-corrected chi connectivity index (χ0v) is 14.3. The molecule has 24 heavy (non-hydrogen) atoms. The Morgan fingerprint density at radius 2 is 2.17 bits per heavy atom. The zero-order valence-electron chi connectivity index (χ0n) is 14.3. The van der Waals surface area contributed by atoms with Crippen LogP contribution < -0.4 is 10.6 Å². The summed E-state index contributed by atoms with van der Waals surface area (Å²) >= 11 is 0. The smallest absolute Gasteiger partial charge is 0.191 e. The van der Waals surface area contributed by atoms with Crippen LogP contribution in [0.3, 0.4) is 0 Å². The highest BCUT2D eigenvalue weighted by atomic mass is 19.1. The van der Waals surface area contributed by atoms with Gasteiger partial charge in [-0.25, -0.2) is 9.38 Å². The van der Waals surface area contributed by atoms with E-state index in [9.17, 15) is 4.39 Å². The van der Waals surface area contributed by atoms with Gasteiger partial charge in [-0.1, -0.05) is 6.07 Å². The van der Waals surface area contributed by atoms with E-state index < -0.39 is 0 Å². The van der Waals surface area contributed by atoms with Gasteiger partial charge >= 0.3 is 0 Å². The van der Waals surface area contributed by atoms with Crippen molar-refractivity contribution in [2.24, 2.45) is 12.0 Å². The molecule has 0 saturated heterocycles. The van der Waals surface area contributed by atoms with Gasteiger partial charge in [0.1, 0.15) is 5.82 Å². The SMILES string of the molecule is CCNC(=NCc1ccc(F)c(COC)c1)NCc1ccnn1C. The second-order valence-electron chi connectivity index (χ2n) is 5.35. The minimum Gasteiger partial charge on any atom is -0.380 e. The quantitative estimate of drug-likeness (QED) is 0.601. The van der Waals surface area contributed by atoms with E-state index in [0.717, 1.165) is 17.8 Å². The van der Waals surface area contributed by atoms with Gasteiger partial charge in [0.25, 0.3) is 0 Å². The Hall–Kier alpha value is -2.41. The van der Waals surface area contributed by atoms with Crippen molar-refractivity contribution < 1.29 is 9.13 Å². The number of guanidine groups is 1. The van der Waals surface area contributed by atoms with Crippen LogP contribution in [0.2, 0.25) is 0 Å². The number of aliphatic imine (C=N–C) groups is 1. The average Bonchev–Trinajstić information content (AvgIpc) is 2.98. The molecule has 0 radical (unpaired) electrons. The molecule has 0 aliphatic rings. The van der Waals surface area contributed by atoms with E-state index >= 15 is 0 Å². The van der Waals surface area contributed by atoms with Gasteiger partial charge in [0.05, 0.1) is 25.4 Å². The standard InChI is InChI=1S/C17H24FN5O/c1-4-19-17(21-11-15-7-8-22-23(15)2)20-10-13-5-6-16(18)14(9-13)12-24-3/h5-9H,4,10-12H2,1-3H3,(H2,19,20,21). The predicted octanol–water partition coefficient (Wildman–Crippen LogP) is 1.96. The fourth-order valence-corrected chi connectivity index (χ4v) is 2.25. The van der Waals surface area contributed by atoms with E-state index in [1.165, 1.54) is 6.07 Å². The van der Waals surface area contributed by atoms with Gasteiger partial charge in [-0.15, -0.1) is 0 Å². The summed E-state index contributed by atoms with van der Waals surface area (Å²) in [6, 6.07) is 6.93. The van der Waals surface area contributed by atoms with Crippen LogP contribution in [0.5, 0.6) is 0 Å². The summed E-state index contributed by atoms with van der Waals surface area (Å²) in [6.45, 7) is 4.10. The predicted molar refractivity (Wildman–Crippen MR) is 92.0 cm³/mol. The molecule has 0 fully saturated rings. The molecular formula is C17H24FN5O. The van der Waals surface area contributed by atoms with Crippen molar-refractivity contribution >= 4 is 5.96 Å². The molecule has 0 amide bonds. The van der Waals surface area contributed by atoms with E-state index in [1.54, 1.807) is 25.4 Å². The minimum absolute atomic E-state index is 0.252. The summed E-state index contributed by atoms with van der Waals surface area (Å²) in [5, 5.41) is 10.6. The lowest BCUT2D eigenvalue weighted by molar-refractivity contribution is 0.181. The van der Waals surface area contributed by atoms with Crippen LogP contribution >= 0.6 is 0 Å². The Kier molecular flexibility index (Phi) is 6.74. The summed E-state index contributed by atoms with van der Waals surface area (Å²) in [5.41, 5.74) is 2.53. The van der Waals surface area contributed by atoms with Crippen molar-refractivity contribution in [2.45, 2.75) is 26.6 Å². The molecule has 2 rings (SSSR count). The highest BCUT2D eigenvalue weighted by molar-refractivity contribution is 5.79. The molecule has 0 aliphatic heterocycles. The first-order valence-electron chi connectivity index (χ1n) is 7.89. The lowest BCUT2D eigenvalue weighted by Gasteiger charge is -2.12. The van der Waals surface area contributed by atoms with Gasteiger partial charge in [0, 0.05) is 32.5 Å². The number of rotatable bonds is 7.